The molecule has 182 valence electrons. The van der Waals surface area contributed by atoms with Crippen molar-refractivity contribution >= 4 is 11.0 Å². The summed E-state index contributed by atoms with van der Waals surface area (Å²) in [6.45, 7) is 2.71. The lowest BCUT2D eigenvalue weighted by Gasteiger charge is -2.21. The molecule has 1 unspecified atom stereocenters. The van der Waals surface area contributed by atoms with Gasteiger partial charge < -0.3 is 9.47 Å². The number of pyridine rings is 1. The van der Waals surface area contributed by atoms with Gasteiger partial charge in [-0.15, -0.1) is 0 Å². The first kappa shape index (κ1) is 23.3. The van der Waals surface area contributed by atoms with E-state index in [4.69, 9.17) is 9.47 Å². The molecular formula is C26H27F2N5O2. The molecule has 6 rings (SSSR count). The van der Waals surface area contributed by atoms with Crippen molar-refractivity contribution in [3.8, 4) is 17.0 Å². The Labute approximate surface area is 202 Å². The van der Waals surface area contributed by atoms with Gasteiger partial charge in [0.2, 0.25) is 0 Å². The molecular weight excluding hydrogens is 452 g/mol. The summed E-state index contributed by atoms with van der Waals surface area (Å²) < 4.78 is 40.1. The molecule has 2 aliphatic rings. The third-order valence-electron chi connectivity index (χ3n) is 6.27. The van der Waals surface area contributed by atoms with E-state index in [0.717, 1.165) is 19.1 Å². The molecule has 7 nitrogen and oxygen atoms in total. The number of fused-ring (bicyclic) bond motifs is 1. The Morgan fingerprint density at radius 3 is 2.66 bits per heavy atom. The SMILES string of the molecule is COc1cc2c(-c3ccc(F)cc3F)ncnc2nc1C.c1nn(C2CC2)cc1C1CCCCO1. The molecule has 1 aromatic carbocycles. The monoisotopic (exact) mass is 479 g/mol. The van der Waals surface area contributed by atoms with E-state index in [1.807, 2.05) is 6.20 Å². The van der Waals surface area contributed by atoms with E-state index < -0.39 is 11.6 Å². The zero-order valence-corrected chi connectivity index (χ0v) is 19.7. The molecule has 0 bridgehead atoms. The van der Waals surface area contributed by atoms with Crippen LogP contribution < -0.4 is 4.74 Å². The first-order chi connectivity index (χ1) is 17.0. The summed E-state index contributed by atoms with van der Waals surface area (Å²) in [4.78, 5) is 12.5. The van der Waals surface area contributed by atoms with E-state index in [-0.39, 0.29) is 5.56 Å². The average Bonchev–Trinajstić information content (AvgIpc) is 3.60. The lowest BCUT2D eigenvalue weighted by atomic mass is 10.0. The zero-order valence-electron chi connectivity index (χ0n) is 19.7. The molecule has 0 N–H and O–H groups in total. The van der Waals surface area contributed by atoms with E-state index >= 15 is 0 Å². The minimum atomic E-state index is -0.686. The van der Waals surface area contributed by atoms with Crippen LogP contribution in [0.5, 0.6) is 5.75 Å². The molecule has 0 amide bonds. The lowest BCUT2D eigenvalue weighted by molar-refractivity contribution is 0.0149. The van der Waals surface area contributed by atoms with Gasteiger partial charge in [-0.2, -0.15) is 5.10 Å². The molecule has 1 saturated heterocycles. The summed E-state index contributed by atoms with van der Waals surface area (Å²) >= 11 is 0. The van der Waals surface area contributed by atoms with Crippen LogP contribution >= 0.6 is 0 Å². The highest BCUT2D eigenvalue weighted by atomic mass is 19.1. The zero-order chi connectivity index (χ0) is 24.4. The number of methoxy groups -OCH3 is 1. The molecule has 9 heteroatoms. The number of hydrogen-bond acceptors (Lipinski definition) is 6. The smallest absolute Gasteiger partial charge is 0.163 e. The second-order valence-electron chi connectivity index (χ2n) is 8.83. The Bertz CT molecular complexity index is 1330. The molecule has 2 fully saturated rings. The van der Waals surface area contributed by atoms with Gasteiger partial charge in [0.25, 0.3) is 0 Å². The molecule has 1 saturated carbocycles. The second kappa shape index (κ2) is 10.0. The van der Waals surface area contributed by atoms with Crippen molar-refractivity contribution in [2.24, 2.45) is 0 Å². The highest BCUT2D eigenvalue weighted by molar-refractivity contribution is 5.91. The maximum absolute atomic E-state index is 14.0. The molecule has 4 aromatic rings. The predicted molar refractivity (Wildman–Crippen MR) is 127 cm³/mol. The number of benzene rings is 1. The third-order valence-corrected chi connectivity index (χ3v) is 6.27. The highest BCUT2D eigenvalue weighted by Gasteiger charge is 2.26. The Morgan fingerprint density at radius 2 is 1.94 bits per heavy atom. The quantitative estimate of drug-likeness (QED) is 0.371. The van der Waals surface area contributed by atoms with Gasteiger partial charge >= 0.3 is 0 Å². The summed E-state index contributed by atoms with van der Waals surface area (Å²) in [7, 11) is 1.53. The summed E-state index contributed by atoms with van der Waals surface area (Å²) in [5, 5.41) is 4.94. The summed E-state index contributed by atoms with van der Waals surface area (Å²) in [5.74, 6) is -0.767. The van der Waals surface area contributed by atoms with Gasteiger partial charge in [0.1, 0.15) is 23.7 Å². The topological polar surface area (TPSA) is 75.0 Å². The fourth-order valence-corrected chi connectivity index (χ4v) is 4.22. The maximum Gasteiger partial charge on any atom is 0.163 e. The predicted octanol–water partition coefficient (Wildman–Crippen LogP) is 5.75. The van der Waals surface area contributed by atoms with Crippen LogP contribution in [0, 0.1) is 18.6 Å². The van der Waals surface area contributed by atoms with Crippen LogP contribution in [-0.2, 0) is 4.74 Å². The van der Waals surface area contributed by atoms with E-state index in [2.05, 4.69) is 30.9 Å². The standard InChI is InChI=1S/C15H11F2N3O.C11H16N2O/c1-8-13(21-2)6-11-14(18-7-19-15(11)20-8)10-4-3-9(16)5-12(10)17;1-2-6-14-11(3-1)9-7-12-13(8-9)10-4-5-10/h3-7H,1-2H3;7-8,10-11H,1-6H2. The summed E-state index contributed by atoms with van der Waals surface area (Å²) in [5.41, 5.74) is 2.92. The Balaban J connectivity index is 0.000000156. The molecule has 1 aliphatic heterocycles. The van der Waals surface area contributed by atoms with Crippen molar-refractivity contribution < 1.29 is 18.3 Å². The molecule has 1 aliphatic carbocycles. The van der Waals surface area contributed by atoms with Gasteiger partial charge in [-0.1, -0.05) is 0 Å². The van der Waals surface area contributed by atoms with E-state index in [9.17, 15) is 8.78 Å². The highest BCUT2D eigenvalue weighted by Crippen LogP contribution is 2.36. The van der Waals surface area contributed by atoms with Crippen molar-refractivity contribution in [3.05, 3.63) is 65.9 Å². The molecule has 35 heavy (non-hydrogen) atoms. The minimum absolute atomic E-state index is 0.191. The fraction of sp³-hybridized carbons (Fsp3) is 0.385. The Morgan fingerprint density at radius 1 is 1.09 bits per heavy atom. The Kier molecular flexibility index (Phi) is 6.68. The molecule has 4 heterocycles. The van der Waals surface area contributed by atoms with Gasteiger partial charge in [0.15, 0.2) is 5.65 Å². The number of halogens is 2. The van der Waals surface area contributed by atoms with E-state index in [1.54, 1.807) is 13.0 Å². The molecule has 0 spiro atoms. The largest absolute Gasteiger partial charge is 0.495 e. The third kappa shape index (κ3) is 5.14. The van der Waals surface area contributed by atoms with Crippen LogP contribution in [0.1, 0.15) is 55.5 Å². The van der Waals surface area contributed by atoms with Crippen molar-refractivity contribution in [1.29, 1.82) is 0 Å². The second-order valence-corrected chi connectivity index (χ2v) is 8.83. The first-order valence-electron chi connectivity index (χ1n) is 11.8. The van der Waals surface area contributed by atoms with Crippen molar-refractivity contribution in [2.45, 2.75) is 51.2 Å². The fourth-order valence-electron chi connectivity index (χ4n) is 4.22. The van der Waals surface area contributed by atoms with Crippen molar-refractivity contribution in [3.63, 3.8) is 0 Å². The normalized spacial score (nSPS) is 17.7. The minimum Gasteiger partial charge on any atom is -0.495 e. The van der Waals surface area contributed by atoms with Crippen LogP contribution in [-0.4, -0.2) is 38.4 Å². The van der Waals surface area contributed by atoms with E-state index in [0.29, 0.717) is 40.3 Å². The van der Waals surface area contributed by atoms with Crippen LogP contribution in [0.4, 0.5) is 8.78 Å². The molecule has 0 radical (unpaired) electrons. The van der Waals surface area contributed by atoms with Crippen molar-refractivity contribution in [1.82, 2.24) is 24.7 Å². The number of aryl methyl sites for hydroxylation is 1. The van der Waals surface area contributed by atoms with Gasteiger partial charge in [-0.3, -0.25) is 4.68 Å². The van der Waals surface area contributed by atoms with Crippen LogP contribution in [0.25, 0.3) is 22.3 Å². The maximum atomic E-state index is 14.0. The number of hydrogen-bond donors (Lipinski definition) is 0. The van der Waals surface area contributed by atoms with Crippen LogP contribution in [0.15, 0.2) is 43.0 Å². The number of ether oxygens (including phenoxy) is 2. The van der Waals surface area contributed by atoms with Crippen LogP contribution in [0.2, 0.25) is 0 Å². The van der Waals surface area contributed by atoms with Gasteiger partial charge in [-0.25, -0.2) is 23.7 Å². The van der Waals surface area contributed by atoms with Gasteiger partial charge in [0, 0.05) is 35.4 Å². The van der Waals surface area contributed by atoms with E-state index in [1.165, 1.54) is 56.8 Å². The first-order valence-corrected chi connectivity index (χ1v) is 11.8. The number of aromatic nitrogens is 5. The van der Waals surface area contributed by atoms with Crippen LogP contribution in [0.3, 0.4) is 0 Å². The summed E-state index contributed by atoms with van der Waals surface area (Å²) in [6.07, 6.45) is 12.0. The summed E-state index contributed by atoms with van der Waals surface area (Å²) in [6, 6.07) is 5.74. The lowest BCUT2D eigenvalue weighted by Crippen LogP contribution is -2.10. The molecule has 3 aromatic heterocycles. The molecule has 1 atom stereocenters. The Hall–Kier alpha value is -3.46. The van der Waals surface area contributed by atoms with Gasteiger partial charge in [-0.05, 0) is 57.2 Å². The van der Waals surface area contributed by atoms with Gasteiger partial charge in [0.05, 0.1) is 36.8 Å². The van der Waals surface area contributed by atoms with Crippen molar-refractivity contribution in [2.75, 3.05) is 13.7 Å². The number of nitrogens with zero attached hydrogens (tertiary/aromatic N) is 5. The number of rotatable bonds is 4. The average molecular weight is 480 g/mol.